The Bertz CT molecular complexity index is 724. The zero-order valence-electron chi connectivity index (χ0n) is 11.8. The highest BCUT2D eigenvalue weighted by Gasteiger charge is 2.15. The van der Waals surface area contributed by atoms with Gasteiger partial charge in [0.2, 0.25) is 0 Å². The molecule has 0 radical (unpaired) electrons. The number of hydrogen-bond acceptors (Lipinski definition) is 2. The van der Waals surface area contributed by atoms with E-state index in [1.54, 1.807) is 6.33 Å². The minimum atomic E-state index is 0.00886. The summed E-state index contributed by atoms with van der Waals surface area (Å²) in [5.41, 5.74) is 2.88. The zero-order valence-corrected chi connectivity index (χ0v) is 12.6. The predicted molar refractivity (Wildman–Crippen MR) is 85.8 cm³/mol. The average molecular weight is 301 g/mol. The van der Waals surface area contributed by atoms with Crippen molar-refractivity contribution in [3.05, 3.63) is 59.4 Å². The number of hydrogen-bond donors (Lipinski definition) is 1. The summed E-state index contributed by atoms with van der Waals surface area (Å²) in [5.74, 6) is 0.723. The van der Waals surface area contributed by atoms with Crippen molar-refractivity contribution in [2.24, 2.45) is 0 Å². The summed E-state index contributed by atoms with van der Waals surface area (Å²) < 4.78 is 6.23. The normalized spacial score (nSPS) is 12.5. The van der Waals surface area contributed by atoms with E-state index in [9.17, 15) is 0 Å². The lowest BCUT2D eigenvalue weighted by molar-refractivity contribution is 0.196. The van der Waals surface area contributed by atoms with Crippen LogP contribution in [0.2, 0.25) is 5.02 Å². The van der Waals surface area contributed by atoms with Gasteiger partial charge in [-0.25, -0.2) is 4.98 Å². The van der Waals surface area contributed by atoms with Gasteiger partial charge in [0, 0.05) is 11.1 Å². The number of halogens is 1. The second-order valence-electron chi connectivity index (χ2n) is 5.01. The van der Waals surface area contributed by atoms with Crippen LogP contribution in [-0.2, 0) is 0 Å². The van der Waals surface area contributed by atoms with Gasteiger partial charge in [0.05, 0.1) is 11.8 Å². The van der Waals surface area contributed by atoms with Gasteiger partial charge in [-0.1, -0.05) is 55.3 Å². The molecule has 1 heterocycles. The van der Waals surface area contributed by atoms with Gasteiger partial charge in [0.15, 0.2) is 0 Å². The molecular formula is C17H17ClN2O. The molecule has 1 aromatic heterocycles. The summed E-state index contributed by atoms with van der Waals surface area (Å²) in [4.78, 5) is 7.40. The molecule has 4 heteroatoms. The lowest BCUT2D eigenvalue weighted by atomic mass is 10.1. The second kappa shape index (κ2) is 6.19. The molecule has 0 fully saturated rings. The first-order chi connectivity index (χ1) is 10.3. The number of imidazole rings is 1. The first-order valence-electron chi connectivity index (χ1n) is 7.12. The molecule has 0 bridgehead atoms. The molecule has 0 amide bonds. The molecular weight excluding hydrogens is 284 g/mol. The van der Waals surface area contributed by atoms with E-state index in [2.05, 4.69) is 29.0 Å². The number of rotatable bonds is 5. The van der Waals surface area contributed by atoms with Crippen LogP contribution >= 0.6 is 11.6 Å². The van der Waals surface area contributed by atoms with Crippen molar-refractivity contribution in [3.8, 4) is 5.75 Å². The summed E-state index contributed by atoms with van der Waals surface area (Å²) >= 11 is 6.16. The monoisotopic (exact) mass is 300 g/mol. The van der Waals surface area contributed by atoms with Crippen molar-refractivity contribution in [2.45, 2.75) is 25.9 Å². The SMILES string of the molecule is CCC[C@@H](Oc1cc(Cl)cc2[nH]cnc12)c1ccccc1. The number of fused-ring (bicyclic) bond motifs is 1. The second-order valence-corrected chi connectivity index (χ2v) is 5.44. The van der Waals surface area contributed by atoms with Crippen LogP contribution in [0.1, 0.15) is 31.4 Å². The lowest BCUT2D eigenvalue weighted by Crippen LogP contribution is -2.07. The van der Waals surface area contributed by atoms with Crippen LogP contribution in [0, 0.1) is 0 Å². The van der Waals surface area contributed by atoms with E-state index >= 15 is 0 Å². The van der Waals surface area contributed by atoms with Gasteiger partial charge >= 0.3 is 0 Å². The number of H-pyrrole nitrogens is 1. The fourth-order valence-electron chi connectivity index (χ4n) is 2.45. The molecule has 1 N–H and O–H groups in total. The van der Waals surface area contributed by atoms with Crippen molar-refractivity contribution >= 4 is 22.6 Å². The summed E-state index contributed by atoms with van der Waals surface area (Å²) in [6.45, 7) is 2.15. The molecule has 1 atom stereocenters. The van der Waals surface area contributed by atoms with Crippen molar-refractivity contribution in [3.63, 3.8) is 0 Å². The smallest absolute Gasteiger partial charge is 0.149 e. The van der Waals surface area contributed by atoms with Gasteiger partial charge in [-0.15, -0.1) is 0 Å². The van der Waals surface area contributed by atoms with Gasteiger partial charge < -0.3 is 9.72 Å². The number of nitrogens with zero attached hydrogens (tertiary/aromatic N) is 1. The summed E-state index contributed by atoms with van der Waals surface area (Å²) in [5, 5.41) is 0.644. The Labute approximate surface area is 128 Å². The first-order valence-corrected chi connectivity index (χ1v) is 7.50. The van der Waals surface area contributed by atoms with E-state index in [1.807, 2.05) is 30.3 Å². The van der Waals surface area contributed by atoms with Crippen molar-refractivity contribution < 1.29 is 4.74 Å². The van der Waals surface area contributed by atoms with Crippen LogP contribution in [-0.4, -0.2) is 9.97 Å². The summed E-state index contributed by atoms with van der Waals surface area (Å²) in [6.07, 6.45) is 3.66. The maximum absolute atomic E-state index is 6.23. The Hall–Kier alpha value is -2.00. The molecule has 3 nitrogen and oxygen atoms in total. The molecule has 0 saturated carbocycles. The molecule has 0 aliphatic heterocycles. The maximum Gasteiger partial charge on any atom is 0.149 e. The highest BCUT2D eigenvalue weighted by molar-refractivity contribution is 6.31. The first kappa shape index (κ1) is 14.0. The van der Waals surface area contributed by atoms with Crippen LogP contribution in [0.15, 0.2) is 48.8 Å². The van der Waals surface area contributed by atoms with Crippen LogP contribution in [0.5, 0.6) is 5.75 Å². The third-order valence-corrected chi connectivity index (χ3v) is 3.66. The van der Waals surface area contributed by atoms with E-state index < -0.39 is 0 Å². The van der Waals surface area contributed by atoms with Gasteiger partial charge in [0.25, 0.3) is 0 Å². The van der Waals surface area contributed by atoms with E-state index in [0.29, 0.717) is 5.02 Å². The van der Waals surface area contributed by atoms with Crippen molar-refractivity contribution in [2.75, 3.05) is 0 Å². The molecule has 21 heavy (non-hydrogen) atoms. The fourth-order valence-corrected chi connectivity index (χ4v) is 2.66. The van der Waals surface area contributed by atoms with Gasteiger partial charge in [-0.2, -0.15) is 0 Å². The third kappa shape index (κ3) is 3.03. The number of ether oxygens (including phenoxy) is 1. The molecule has 0 spiro atoms. The predicted octanol–water partition coefficient (Wildman–Crippen LogP) is 5.14. The Balaban J connectivity index is 1.96. The molecule has 108 valence electrons. The Morgan fingerprint density at radius 2 is 2.05 bits per heavy atom. The molecule has 0 saturated heterocycles. The van der Waals surface area contributed by atoms with Gasteiger partial charge in [0.1, 0.15) is 17.4 Å². The van der Waals surface area contributed by atoms with E-state index in [1.165, 1.54) is 5.56 Å². The molecule has 2 aromatic carbocycles. The molecule has 3 aromatic rings. The number of aromatic nitrogens is 2. The Morgan fingerprint density at radius 1 is 1.24 bits per heavy atom. The van der Waals surface area contributed by atoms with Gasteiger partial charge in [-0.3, -0.25) is 0 Å². The largest absolute Gasteiger partial charge is 0.483 e. The van der Waals surface area contributed by atoms with E-state index in [-0.39, 0.29) is 6.10 Å². The van der Waals surface area contributed by atoms with Crippen LogP contribution in [0.3, 0.4) is 0 Å². The Kier molecular flexibility index (Phi) is 4.11. The van der Waals surface area contributed by atoms with Crippen LogP contribution in [0.4, 0.5) is 0 Å². The van der Waals surface area contributed by atoms with E-state index in [0.717, 1.165) is 29.6 Å². The fraction of sp³-hybridized carbons (Fsp3) is 0.235. The third-order valence-electron chi connectivity index (χ3n) is 3.44. The standard InChI is InChI=1S/C17H17ClN2O/c1-2-6-15(12-7-4-3-5-8-12)21-16-10-13(18)9-14-17(16)20-11-19-14/h3-5,7-11,15H,2,6H2,1H3,(H,19,20)/t15-/m1/s1. The summed E-state index contributed by atoms with van der Waals surface area (Å²) in [6, 6.07) is 13.9. The minimum absolute atomic E-state index is 0.00886. The minimum Gasteiger partial charge on any atom is -0.483 e. The lowest BCUT2D eigenvalue weighted by Gasteiger charge is -2.19. The quantitative estimate of drug-likeness (QED) is 0.708. The summed E-state index contributed by atoms with van der Waals surface area (Å²) in [7, 11) is 0. The van der Waals surface area contributed by atoms with Crippen molar-refractivity contribution in [1.82, 2.24) is 9.97 Å². The molecule has 0 aliphatic rings. The Morgan fingerprint density at radius 3 is 2.81 bits per heavy atom. The molecule has 0 unspecified atom stereocenters. The molecule has 3 rings (SSSR count). The van der Waals surface area contributed by atoms with Crippen LogP contribution < -0.4 is 4.74 Å². The number of nitrogens with one attached hydrogen (secondary N) is 1. The molecule has 0 aliphatic carbocycles. The zero-order chi connectivity index (χ0) is 14.7. The number of aromatic amines is 1. The van der Waals surface area contributed by atoms with Gasteiger partial charge in [-0.05, 0) is 18.1 Å². The van der Waals surface area contributed by atoms with Crippen molar-refractivity contribution in [1.29, 1.82) is 0 Å². The number of benzene rings is 2. The highest BCUT2D eigenvalue weighted by Crippen LogP contribution is 2.32. The average Bonchev–Trinajstić information content (AvgIpc) is 2.96. The topological polar surface area (TPSA) is 37.9 Å². The van der Waals surface area contributed by atoms with Crippen LogP contribution in [0.25, 0.3) is 11.0 Å². The van der Waals surface area contributed by atoms with E-state index in [4.69, 9.17) is 16.3 Å². The maximum atomic E-state index is 6.23. The highest BCUT2D eigenvalue weighted by atomic mass is 35.5.